The maximum Gasteiger partial charge on any atom is 0.332 e. The Morgan fingerprint density at radius 2 is 1.88 bits per heavy atom. The van der Waals surface area contributed by atoms with Crippen LogP contribution in [0.15, 0.2) is 30.3 Å². The summed E-state index contributed by atoms with van der Waals surface area (Å²) in [4.78, 5) is 28.3. The van der Waals surface area contributed by atoms with Crippen LogP contribution in [0.4, 0.5) is 0 Å². The molecule has 4 nitrogen and oxygen atoms in total. The molecule has 0 saturated heterocycles. The first-order valence-electron chi connectivity index (χ1n) is 5.07. The maximum atomic E-state index is 11.1. The second-order valence-corrected chi connectivity index (χ2v) is 5.17. The van der Waals surface area contributed by atoms with Gasteiger partial charge in [-0.2, -0.15) is 0 Å². The predicted molar refractivity (Wildman–Crippen MR) is 64.5 cm³/mol. The molecule has 0 unspecified atom stereocenters. The summed E-state index contributed by atoms with van der Waals surface area (Å²) in [6.07, 6.45) is -0.307. The van der Waals surface area contributed by atoms with Gasteiger partial charge < -0.3 is 9.79 Å². The highest BCUT2D eigenvalue weighted by Crippen LogP contribution is 2.34. The van der Waals surface area contributed by atoms with Gasteiger partial charge in [0.25, 0.3) is 0 Å². The molecule has 90 valence electrons. The zero-order valence-corrected chi connectivity index (χ0v) is 10.1. The van der Waals surface area contributed by atoms with Crippen molar-refractivity contribution in [1.29, 1.82) is 0 Å². The molecule has 0 saturated carbocycles. The lowest BCUT2D eigenvalue weighted by atomic mass is 10.2. The van der Waals surface area contributed by atoms with Gasteiger partial charge in [0.2, 0.25) is 0 Å². The molecule has 1 rings (SSSR count). The van der Waals surface area contributed by atoms with E-state index >= 15 is 0 Å². The summed E-state index contributed by atoms with van der Waals surface area (Å²) in [6.45, 7) is 0. The lowest BCUT2D eigenvalue weighted by molar-refractivity contribution is -0.116. The largest absolute Gasteiger partial charge is 0.332 e. The minimum absolute atomic E-state index is 0.0743. The number of carbonyl (C=O) groups is 1. The molecule has 0 bridgehead atoms. The van der Waals surface area contributed by atoms with Gasteiger partial charge in [0.1, 0.15) is 11.9 Å². The summed E-state index contributed by atoms with van der Waals surface area (Å²) in [6, 6.07) is 9.32. The first-order valence-corrected chi connectivity index (χ1v) is 6.87. The normalized spacial score (nSPS) is 10.5. The van der Waals surface area contributed by atoms with Crippen LogP contribution in [0.2, 0.25) is 0 Å². The van der Waals surface area contributed by atoms with Gasteiger partial charge in [-0.1, -0.05) is 30.0 Å². The fourth-order valence-corrected chi connectivity index (χ4v) is 1.81. The van der Waals surface area contributed by atoms with E-state index in [-0.39, 0.29) is 6.42 Å². The summed E-state index contributed by atoms with van der Waals surface area (Å²) >= 11 is 0. The highest BCUT2D eigenvalue weighted by molar-refractivity contribution is 7.52. The van der Waals surface area contributed by atoms with Gasteiger partial charge in [0, 0.05) is 18.4 Å². The van der Waals surface area contributed by atoms with Crippen molar-refractivity contribution in [1.82, 2.24) is 0 Å². The summed E-state index contributed by atoms with van der Waals surface area (Å²) in [5, 5.41) is 0. The Labute approximate surface area is 99.8 Å². The molecule has 2 N–H and O–H groups in total. The van der Waals surface area contributed by atoms with Crippen molar-refractivity contribution >= 4 is 13.4 Å². The molecule has 0 aromatic heterocycles. The number of Topliss-reactive ketones (excluding diaryl/α,β-unsaturated/α-hetero) is 1. The van der Waals surface area contributed by atoms with Crippen LogP contribution in [-0.2, 0) is 9.36 Å². The van der Waals surface area contributed by atoms with Gasteiger partial charge in [-0.05, 0) is 12.1 Å². The Morgan fingerprint density at radius 3 is 2.47 bits per heavy atom. The Hall–Kier alpha value is -1.40. The van der Waals surface area contributed by atoms with E-state index < -0.39 is 19.5 Å². The van der Waals surface area contributed by atoms with E-state index in [2.05, 4.69) is 11.8 Å². The van der Waals surface area contributed by atoms with E-state index in [1.807, 2.05) is 30.3 Å². The standard InChI is InChI=1S/C12H13O4P/c13-12(10-17(14,15)16)9-5-4-8-11-6-2-1-3-7-11/h1-3,6-7H,5,9-10H2,(H2,14,15,16). The average molecular weight is 252 g/mol. The SMILES string of the molecule is O=C(CCC#Cc1ccccc1)CP(=O)(O)O. The Balaban J connectivity index is 2.36. The Bertz CT molecular complexity index is 478. The van der Waals surface area contributed by atoms with Crippen LogP contribution in [0.25, 0.3) is 0 Å². The van der Waals surface area contributed by atoms with Crippen molar-refractivity contribution in [2.75, 3.05) is 6.16 Å². The highest BCUT2D eigenvalue weighted by atomic mass is 31.2. The van der Waals surface area contributed by atoms with Crippen LogP contribution in [0.5, 0.6) is 0 Å². The molecule has 1 aromatic carbocycles. The van der Waals surface area contributed by atoms with E-state index in [9.17, 15) is 9.36 Å². The fourth-order valence-electron chi connectivity index (χ4n) is 1.20. The molecule has 0 aliphatic carbocycles. The van der Waals surface area contributed by atoms with Gasteiger partial charge in [0.05, 0.1) is 0 Å². The third kappa shape index (κ3) is 6.70. The summed E-state index contributed by atoms with van der Waals surface area (Å²) in [5.74, 6) is 5.20. The van der Waals surface area contributed by atoms with Crippen molar-refractivity contribution in [2.45, 2.75) is 12.8 Å². The number of hydrogen-bond acceptors (Lipinski definition) is 2. The van der Waals surface area contributed by atoms with Crippen molar-refractivity contribution in [3.63, 3.8) is 0 Å². The molecule has 0 heterocycles. The van der Waals surface area contributed by atoms with Gasteiger partial charge in [0.15, 0.2) is 0 Å². The molecule has 0 spiro atoms. The summed E-state index contributed by atoms with van der Waals surface area (Å²) < 4.78 is 10.5. The lowest BCUT2D eigenvalue weighted by Gasteiger charge is -2.00. The Morgan fingerprint density at radius 1 is 1.24 bits per heavy atom. The first kappa shape index (κ1) is 13.7. The van der Waals surface area contributed by atoms with Crippen molar-refractivity contribution < 1.29 is 19.1 Å². The van der Waals surface area contributed by atoms with Gasteiger partial charge >= 0.3 is 7.60 Å². The van der Waals surface area contributed by atoms with E-state index in [0.717, 1.165) is 5.56 Å². The van der Waals surface area contributed by atoms with Crippen LogP contribution >= 0.6 is 7.60 Å². The topological polar surface area (TPSA) is 74.6 Å². The molecule has 0 fully saturated rings. The van der Waals surface area contributed by atoms with Crippen LogP contribution in [-0.4, -0.2) is 21.7 Å². The lowest BCUT2D eigenvalue weighted by Crippen LogP contribution is -2.04. The van der Waals surface area contributed by atoms with E-state index in [0.29, 0.717) is 6.42 Å². The molecule has 0 aliphatic heterocycles. The molecule has 0 atom stereocenters. The summed E-state index contributed by atoms with van der Waals surface area (Å²) in [5.41, 5.74) is 0.856. The second-order valence-electron chi connectivity index (χ2n) is 3.53. The monoisotopic (exact) mass is 252 g/mol. The summed E-state index contributed by atoms with van der Waals surface area (Å²) in [7, 11) is -4.23. The Kier molecular flexibility index (Phi) is 5.11. The van der Waals surface area contributed by atoms with E-state index in [4.69, 9.17) is 9.79 Å². The molecular formula is C12H13O4P. The second kappa shape index (κ2) is 6.36. The molecule has 0 aliphatic rings. The number of carbonyl (C=O) groups excluding carboxylic acids is 1. The third-order valence-electron chi connectivity index (χ3n) is 1.92. The van der Waals surface area contributed by atoms with E-state index in [1.165, 1.54) is 0 Å². The number of rotatable bonds is 4. The zero-order valence-electron chi connectivity index (χ0n) is 9.17. The number of ketones is 1. The zero-order chi connectivity index (χ0) is 12.7. The van der Waals surface area contributed by atoms with Gasteiger partial charge in [-0.25, -0.2) is 0 Å². The molecule has 1 aromatic rings. The minimum Gasteiger partial charge on any atom is -0.324 e. The molecular weight excluding hydrogens is 239 g/mol. The average Bonchev–Trinajstić information content (AvgIpc) is 2.23. The molecule has 0 amide bonds. The van der Waals surface area contributed by atoms with Crippen molar-refractivity contribution in [3.05, 3.63) is 35.9 Å². The van der Waals surface area contributed by atoms with Gasteiger partial charge in [-0.15, -0.1) is 0 Å². The first-order chi connectivity index (χ1) is 7.97. The third-order valence-corrected chi connectivity index (χ3v) is 2.68. The van der Waals surface area contributed by atoms with Crippen LogP contribution < -0.4 is 0 Å². The number of hydrogen-bond donors (Lipinski definition) is 2. The van der Waals surface area contributed by atoms with Crippen LogP contribution in [0.1, 0.15) is 18.4 Å². The minimum atomic E-state index is -4.23. The number of benzene rings is 1. The van der Waals surface area contributed by atoms with Crippen molar-refractivity contribution in [2.24, 2.45) is 0 Å². The van der Waals surface area contributed by atoms with Crippen LogP contribution in [0, 0.1) is 11.8 Å². The van der Waals surface area contributed by atoms with Gasteiger partial charge in [-0.3, -0.25) is 9.36 Å². The van der Waals surface area contributed by atoms with Crippen LogP contribution in [0.3, 0.4) is 0 Å². The predicted octanol–water partition coefficient (Wildman–Crippen LogP) is 1.57. The van der Waals surface area contributed by atoms with E-state index in [1.54, 1.807) is 0 Å². The van der Waals surface area contributed by atoms with Crippen molar-refractivity contribution in [3.8, 4) is 11.8 Å². The molecule has 17 heavy (non-hydrogen) atoms. The maximum absolute atomic E-state index is 11.1. The molecule has 0 radical (unpaired) electrons. The quantitative estimate of drug-likeness (QED) is 0.630. The fraction of sp³-hybridized carbons (Fsp3) is 0.250. The molecule has 5 heteroatoms. The smallest absolute Gasteiger partial charge is 0.324 e. The highest BCUT2D eigenvalue weighted by Gasteiger charge is 2.17.